The molecule has 1 saturated carbocycles. The fourth-order valence-electron chi connectivity index (χ4n) is 3.80. The van der Waals surface area contributed by atoms with Gasteiger partial charge in [-0.1, -0.05) is 6.42 Å². The summed E-state index contributed by atoms with van der Waals surface area (Å²) in [5.41, 5.74) is 0.194. The Morgan fingerprint density at radius 2 is 1.74 bits per heavy atom. The van der Waals surface area contributed by atoms with E-state index in [0.29, 0.717) is 37.2 Å². The zero-order valence-electron chi connectivity index (χ0n) is 15.7. The summed E-state index contributed by atoms with van der Waals surface area (Å²) in [6.45, 7) is 5.00. The summed E-state index contributed by atoms with van der Waals surface area (Å²) in [4.78, 5) is 38.0. The number of nitrogens with zero attached hydrogens (tertiary/aromatic N) is 1. The molecule has 2 amide bonds. The molecule has 1 saturated heterocycles. The molecule has 1 aliphatic carbocycles. The summed E-state index contributed by atoms with van der Waals surface area (Å²) in [6.07, 6.45) is 1.91. The standard InChI is InChI=1S/C20H26N2O5/c1-13-11-22(12-14(2)27-13)18(24)15-4-6-16(7-5-15)21-17(23)10-20(19(25)26)8-3-9-20/h4-7,13-14H,3,8-12H2,1-2H3,(H,21,23)(H,25,26). The number of aliphatic carboxylic acids is 1. The van der Waals surface area contributed by atoms with E-state index in [9.17, 15) is 19.5 Å². The summed E-state index contributed by atoms with van der Waals surface area (Å²) in [6, 6.07) is 6.71. The molecule has 0 spiro atoms. The molecule has 2 fully saturated rings. The number of morpholine rings is 1. The molecule has 2 atom stereocenters. The van der Waals surface area contributed by atoms with Crippen LogP contribution in [0.4, 0.5) is 5.69 Å². The van der Waals surface area contributed by atoms with Crippen LogP contribution in [0.25, 0.3) is 0 Å². The second-order valence-electron chi connectivity index (χ2n) is 7.71. The van der Waals surface area contributed by atoms with Gasteiger partial charge in [-0.3, -0.25) is 14.4 Å². The average Bonchev–Trinajstić information content (AvgIpc) is 2.57. The van der Waals surface area contributed by atoms with E-state index in [0.717, 1.165) is 6.42 Å². The number of amides is 2. The van der Waals surface area contributed by atoms with Gasteiger partial charge in [0.15, 0.2) is 0 Å². The summed E-state index contributed by atoms with van der Waals surface area (Å²) in [5.74, 6) is -1.28. The van der Waals surface area contributed by atoms with Crippen LogP contribution in [0.5, 0.6) is 0 Å². The SMILES string of the molecule is CC1CN(C(=O)c2ccc(NC(=O)CC3(C(=O)O)CCC3)cc2)CC(C)O1. The third-order valence-corrected chi connectivity index (χ3v) is 5.39. The molecule has 2 N–H and O–H groups in total. The van der Waals surface area contributed by atoms with Crippen molar-refractivity contribution in [3.63, 3.8) is 0 Å². The highest BCUT2D eigenvalue weighted by molar-refractivity contribution is 5.97. The van der Waals surface area contributed by atoms with Crippen LogP contribution in [-0.4, -0.2) is 53.1 Å². The summed E-state index contributed by atoms with van der Waals surface area (Å²) >= 11 is 0. The number of hydrogen-bond acceptors (Lipinski definition) is 4. The molecule has 1 heterocycles. The molecule has 2 unspecified atom stereocenters. The monoisotopic (exact) mass is 374 g/mol. The fraction of sp³-hybridized carbons (Fsp3) is 0.550. The normalized spacial score (nSPS) is 24.0. The first-order valence-electron chi connectivity index (χ1n) is 9.37. The van der Waals surface area contributed by atoms with E-state index in [1.807, 2.05) is 13.8 Å². The van der Waals surface area contributed by atoms with E-state index >= 15 is 0 Å². The van der Waals surface area contributed by atoms with Crippen molar-refractivity contribution >= 4 is 23.5 Å². The second-order valence-corrected chi connectivity index (χ2v) is 7.71. The number of nitrogens with one attached hydrogen (secondary N) is 1. The predicted molar refractivity (Wildman–Crippen MR) is 99.5 cm³/mol. The Morgan fingerprint density at radius 1 is 1.15 bits per heavy atom. The first-order chi connectivity index (χ1) is 12.8. The number of ether oxygens (including phenoxy) is 1. The number of carbonyl (C=O) groups excluding carboxylic acids is 2. The zero-order valence-corrected chi connectivity index (χ0v) is 15.7. The van der Waals surface area contributed by atoms with Crippen LogP contribution in [0, 0.1) is 5.41 Å². The maximum Gasteiger partial charge on any atom is 0.310 e. The van der Waals surface area contributed by atoms with Crippen molar-refractivity contribution in [2.45, 2.75) is 51.7 Å². The van der Waals surface area contributed by atoms with Gasteiger partial charge in [-0.2, -0.15) is 0 Å². The molecular weight excluding hydrogens is 348 g/mol. The molecule has 7 heteroatoms. The second kappa shape index (κ2) is 7.68. The quantitative estimate of drug-likeness (QED) is 0.826. The number of carboxylic acid groups (broad SMARTS) is 1. The van der Waals surface area contributed by atoms with Crippen molar-refractivity contribution in [3.8, 4) is 0 Å². The van der Waals surface area contributed by atoms with Gasteiger partial charge in [0.25, 0.3) is 5.91 Å². The first-order valence-corrected chi connectivity index (χ1v) is 9.37. The summed E-state index contributed by atoms with van der Waals surface area (Å²) in [7, 11) is 0. The lowest BCUT2D eigenvalue weighted by molar-refractivity contribution is -0.157. The molecule has 7 nitrogen and oxygen atoms in total. The van der Waals surface area contributed by atoms with Gasteiger partial charge in [0.2, 0.25) is 5.91 Å². The molecular formula is C20H26N2O5. The topological polar surface area (TPSA) is 95.9 Å². The van der Waals surface area contributed by atoms with Crippen molar-refractivity contribution in [2.75, 3.05) is 18.4 Å². The molecule has 1 aromatic carbocycles. The molecule has 146 valence electrons. The third-order valence-electron chi connectivity index (χ3n) is 5.39. The minimum atomic E-state index is -0.913. The Morgan fingerprint density at radius 3 is 2.22 bits per heavy atom. The van der Waals surface area contributed by atoms with Gasteiger partial charge in [-0.05, 0) is 51.0 Å². The molecule has 1 aromatic rings. The van der Waals surface area contributed by atoms with Crippen LogP contribution in [-0.2, 0) is 14.3 Å². The Balaban J connectivity index is 1.59. The maximum absolute atomic E-state index is 12.7. The van der Waals surface area contributed by atoms with Gasteiger partial charge >= 0.3 is 5.97 Å². The Kier molecular flexibility index (Phi) is 5.51. The number of benzene rings is 1. The van der Waals surface area contributed by atoms with E-state index in [1.54, 1.807) is 29.2 Å². The average molecular weight is 374 g/mol. The van der Waals surface area contributed by atoms with Gasteiger partial charge in [-0.15, -0.1) is 0 Å². The first kappa shape index (κ1) is 19.4. The van der Waals surface area contributed by atoms with E-state index in [4.69, 9.17) is 4.74 Å². The Hall–Kier alpha value is -2.41. The molecule has 0 radical (unpaired) electrons. The highest BCUT2D eigenvalue weighted by Crippen LogP contribution is 2.44. The molecule has 3 rings (SSSR count). The number of carbonyl (C=O) groups is 3. The summed E-state index contributed by atoms with van der Waals surface area (Å²) < 4.78 is 5.65. The van der Waals surface area contributed by atoms with Crippen molar-refractivity contribution in [1.29, 1.82) is 0 Å². The summed E-state index contributed by atoms with van der Waals surface area (Å²) in [5, 5.41) is 12.1. The minimum absolute atomic E-state index is 0.00400. The number of carboxylic acids is 1. The van der Waals surface area contributed by atoms with Crippen LogP contribution < -0.4 is 5.32 Å². The van der Waals surface area contributed by atoms with E-state index in [-0.39, 0.29) is 30.4 Å². The zero-order chi connectivity index (χ0) is 19.6. The number of hydrogen-bond donors (Lipinski definition) is 2. The van der Waals surface area contributed by atoms with Gasteiger partial charge < -0.3 is 20.1 Å². The molecule has 0 bridgehead atoms. The Bertz CT molecular complexity index is 716. The van der Waals surface area contributed by atoms with Gasteiger partial charge in [0.1, 0.15) is 0 Å². The molecule has 0 aromatic heterocycles. The lowest BCUT2D eigenvalue weighted by atomic mass is 9.66. The van der Waals surface area contributed by atoms with Crippen molar-refractivity contribution in [1.82, 2.24) is 4.90 Å². The highest BCUT2D eigenvalue weighted by Gasteiger charge is 2.45. The lowest BCUT2D eigenvalue weighted by Crippen LogP contribution is -2.48. The number of rotatable bonds is 5. The van der Waals surface area contributed by atoms with Crippen molar-refractivity contribution < 1.29 is 24.2 Å². The van der Waals surface area contributed by atoms with E-state index in [1.165, 1.54) is 0 Å². The number of anilines is 1. The van der Waals surface area contributed by atoms with Crippen molar-refractivity contribution in [3.05, 3.63) is 29.8 Å². The third kappa shape index (κ3) is 4.30. The van der Waals surface area contributed by atoms with Gasteiger partial charge in [0.05, 0.1) is 17.6 Å². The maximum atomic E-state index is 12.7. The lowest BCUT2D eigenvalue weighted by Gasteiger charge is -2.36. The van der Waals surface area contributed by atoms with Crippen LogP contribution in [0.3, 0.4) is 0 Å². The smallest absolute Gasteiger partial charge is 0.310 e. The van der Waals surface area contributed by atoms with E-state index < -0.39 is 11.4 Å². The minimum Gasteiger partial charge on any atom is -0.481 e. The van der Waals surface area contributed by atoms with Crippen LogP contribution in [0.2, 0.25) is 0 Å². The van der Waals surface area contributed by atoms with Crippen LogP contribution >= 0.6 is 0 Å². The van der Waals surface area contributed by atoms with Crippen LogP contribution in [0.1, 0.15) is 49.9 Å². The largest absolute Gasteiger partial charge is 0.481 e. The van der Waals surface area contributed by atoms with Gasteiger partial charge in [0, 0.05) is 30.8 Å². The molecule has 2 aliphatic rings. The highest BCUT2D eigenvalue weighted by atomic mass is 16.5. The van der Waals surface area contributed by atoms with Gasteiger partial charge in [-0.25, -0.2) is 0 Å². The predicted octanol–water partition coefficient (Wildman–Crippen LogP) is 2.52. The van der Waals surface area contributed by atoms with Crippen LogP contribution in [0.15, 0.2) is 24.3 Å². The molecule has 27 heavy (non-hydrogen) atoms. The molecule has 1 aliphatic heterocycles. The fourth-order valence-corrected chi connectivity index (χ4v) is 3.80. The van der Waals surface area contributed by atoms with Crippen molar-refractivity contribution in [2.24, 2.45) is 5.41 Å². The van der Waals surface area contributed by atoms with E-state index in [2.05, 4.69) is 5.32 Å². The Labute approximate surface area is 158 Å².